The van der Waals surface area contributed by atoms with Crippen molar-refractivity contribution in [3.05, 3.63) is 30.6 Å². The molecule has 1 aromatic heterocycles. The highest BCUT2D eigenvalue weighted by Gasteiger charge is 2.22. The second-order valence-corrected chi connectivity index (χ2v) is 7.64. The summed E-state index contributed by atoms with van der Waals surface area (Å²) in [5, 5.41) is 4.07. The second kappa shape index (κ2) is 5.47. The van der Waals surface area contributed by atoms with Gasteiger partial charge in [-0.2, -0.15) is 5.10 Å². The van der Waals surface area contributed by atoms with Crippen LogP contribution in [0.1, 0.15) is 0 Å². The van der Waals surface area contributed by atoms with E-state index in [1.54, 1.807) is 23.0 Å². The van der Waals surface area contributed by atoms with Crippen molar-refractivity contribution in [2.45, 2.75) is 14.7 Å². The van der Waals surface area contributed by atoms with E-state index in [-0.39, 0.29) is 10.6 Å². The number of para-hydroxylation sites is 1. The molecule has 1 aromatic carbocycles. The lowest BCUT2D eigenvalue weighted by atomic mass is 10.3. The zero-order valence-corrected chi connectivity index (χ0v) is 13.1. The standard InChI is InChI=1S/C12H16N4O2S2/c1-15(2)20(17,18)11-6-4-5-10(12(11)13)19-9-7-14-16(3)8-9/h4-8H,13H2,1-3H3. The molecule has 0 aliphatic heterocycles. The molecule has 0 saturated heterocycles. The molecule has 2 rings (SSSR count). The minimum atomic E-state index is -3.54. The maximum absolute atomic E-state index is 12.2. The SMILES string of the molecule is CN(C)S(=O)(=O)c1cccc(Sc2cnn(C)c2)c1N. The first-order valence-electron chi connectivity index (χ1n) is 5.80. The molecule has 0 bridgehead atoms. The summed E-state index contributed by atoms with van der Waals surface area (Å²) in [6.45, 7) is 0. The van der Waals surface area contributed by atoms with Gasteiger partial charge in [0.1, 0.15) is 4.90 Å². The lowest BCUT2D eigenvalue weighted by Gasteiger charge is -2.15. The van der Waals surface area contributed by atoms with Gasteiger partial charge >= 0.3 is 0 Å². The summed E-state index contributed by atoms with van der Waals surface area (Å²) in [5.74, 6) is 0. The molecule has 20 heavy (non-hydrogen) atoms. The van der Waals surface area contributed by atoms with Crippen molar-refractivity contribution in [1.82, 2.24) is 14.1 Å². The van der Waals surface area contributed by atoms with E-state index in [1.165, 1.54) is 31.9 Å². The number of rotatable bonds is 4. The Morgan fingerprint density at radius 1 is 1.35 bits per heavy atom. The van der Waals surface area contributed by atoms with Gasteiger partial charge in [-0.1, -0.05) is 17.8 Å². The normalized spacial score (nSPS) is 12.0. The Balaban J connectivity index is 2.42. The molecule has 0 aliphatic carbocycles. The van der Waals surface area contributed by atoms with Gasteiger partial charge < -0.3 is 5.73 Å². The van der Waals surface area contributed by atoms with Gasteiger partial charge in [-0.25, -0.2) is 12.7 Å². The van der Waals surface area contributed by atoms with Crippen LogP contribution in [-0.2, 0) is 17.1 Å². The fourth-order valence-corrected chi connectivity index (χ4v) is 3.63. The Bertz CT molecular complexity index is 723. The molecule has 0 unspecified atom stereocenters. The monoisotopic (exact) mass is 312 g/mol. The Morgan fingerprint density at radius 2 is 2.05 bits per heavy atom. The average molecular weight is 312 g/mol. The summed E-state index contributed by atoms with van der Waals surface area (Å²) in [6.07, 6.45) is 3.55. The van der Waals surface area contributed by atoms with Crippen LogP contribution in [0.3, 0.4) is 0 Å². The topological polar surface area (TPSA) is 81.2 Å². The molecule has 0 radical (unpaired) electrons. The number of nitrogens with two attached hydrogens (primary N) is 1. The van der Waals surface area contributed by atoms with Gasteiger partial charge in [0, 0.05) is 32.2 Å². The van der Waals surface area contributed by atoms with E-state index < -0.39 is 10.0 Å². The summed E-state index contributed by atoms with van der Waals surface area (Å²) in [6, 6.07) is 4.99. The zero-order valence-electron chi connectivity index (χ0n) is 11.4. The van der Waals surface area contributed by atoms with Crippen molar-refractivity contribution in [2.75, 3.05) is 19.8 Å². The summed E-state index contributed by atoms with van der Waals surface area (Å²) < 4.78 is 27.2. The molecule has 108 valence electrons. The molecule has 2 N–H and O–H groups in total. The Kier molecular flexibility index (Phi) is 4.07. The van der Waals surface area contributed by atoms with Gasteiger partial charge in [-0.15, -0.1) is 0 Å². The largest absolute Gasteiger partial charge is 0.397 e. The van der Waals surface area contributed by atoms with E-state index in [0.29, 0.717) is 4.90 Å². The fraction of sp³-hybridized carbons (Fsp3) is 0.250. The maximum atomic E-state index is 12.2. The molecule has 0 amide bonds. The molecule has 6 nitrogen and oxygen atoms in total. The first-order valence-corrected chi connectivity index (χ1v) is 8.05. The van der Waals surface area contributed by atoms with Crippen LogP contribution in [0.25, 0.3) is 0 Å². The van der Waals surface area contributed by atoms with Crippen molar-refractivity contribution < 1.29 is 8.42 Å². The number of hydrogen-bond acceptors (Lipinski definition) is 5. The molecule has 0 fully saturated rings. The fourth-order valence-electron chi connectivity index (χ4n) is 1.61. The van der Waals surface area contributed by atoms with Crippen LogP contribution in [0.5, 0.6) is 0 Å². The quantitative estimate of drug-likeness (QED) is 0.863. The third kappa shape index (κ3) is 2.82. The highest BCUT2D eigenvalue weighted by Crippen LogP contribution is 2.35. The maximum Gasteiger partial charge on any atom is 0.244 e. The van der Waals surface area contributed by atoms with E-state index in [2.05, 4.69) is 5.10 Å². The number of nitrogen functional groups attached to an aromatic ring is 1. The molecular formula is C12H16N4O2S2. The Labute approximate surface area is 122 Å². The van der Waals surface area contributed by atoms with E-state index in [0.717, 1.165) is 9.20 Å². The third-order valence-corrected chi connectivity index (χ3v) is 5.59. The lowest BCUT2D eigenvalue weighted by Crippen LogP contribution is -2.23. The van der Waals surface area contributed by atoms with Gasteiger partial charge in [0.25, 0.3) is 0 Å². The predicted molar refractivity (Wildman–Crippen MR) is 79.1 cm³/mol. The number of anilines is 1. The molecule has 0 aliphatic rings. The minimum absolute atomic E-state index is 0.122. The average Bonchev–Trinajstić information content (AvgIpc) is 2.77. The molecule has 1 heterocycles. The van der Waals surface area contributed by atoms with Crippen LogP contribution in [0, 0.1) is 0 Å². The minimum Gasteiger partial charge on any atom is -0.397 e. The lowest BCUT2D eigenvalue weighted by molar-refractivity contribution is 0.521. The van der Waals surface area contributed by atoms with Gasteiger partial charge in [-0.05, 0) is 12.1 Å². The van der Waals surface area contributed by atoms with Gasteiger partial charge in [0.2, 0.25) is 10.0 Å². The van der Waals surface area contributed by atoms with Crippen LogP contribution < -0.4 is 5.73 Å². The van der Waals surface area contributed by atoms with Crippen molar-refractivity contribution in [3.63, 3.8) is 0 Å². The van der Waals surface area contributed by atoms with Crippen LogP contribution in [0.15, 0.2) is 45.3 Å². The van der Waals surface area contributed by atoms with Crippen molar-refractivity contribution in [1.29, 1.82) is 0 Å². The van der Waals surface area contributed by atoms with Crippen LogP contribution in [-0.4, -0.2) is 36.6 Å². The summed E-state index contributed by atoms with van der Waals surface area (Å²) in [5.41, 5.74) is 6.27. The third-order valence-electron chi connectivity index (χ3n) is 2.69. The van der Waals surface area contributed by atoms with Crippen molar-refractivity contribution >= 4 is 27.5 Å². The van der Waals surface area contributed by atoms with Gasteiger partial charge in [-0.3, -0.25) is 4.68 Å². The van der Waals surface area contributed by atoms with Gasteiger partial charge in [0.15, 0.2) is 0 Å². The van der Waals surface area contributed by atoms with Crippen molar-refractivity contribution in [3.8, 4) is 0 Å². The van der Waals surface area contributed by atoms with E-state index in [1.807, 2.05) is 13.2 Å². The van der Waals surface area contributed by atoms with Crippen LogP contribution >= 0.6 is 11.8 Å². The second-order valence-electron chi connectivity index (χ2n) is 4.41. The number of sulfonamides is 1. The molecule has 8 heteroatoms. The smallest absolute Gasteiger partial charge is 0.244 e. The van der Waals surface area contributed by atoms with Gasteiger partial charge in [0.05, 0.1) is 16.8 Å². The summed E-state index contributed by atoms with van der Waals surface area (Å²) >= 11 is 1.39. The first-order chi connectivity index (χ1) is 9.32. The molecule has 0 atom stereocenters. The Hall–Kier alpha value is -1.51. The number of benzene rings is 1. The number of hydrogen-bond donors (Lipinski definition) is 1. The zero-order chi connectivity index (χ0) is 14.9. The number of nitrogens with zero attached hydrogens (tertiary/aromatic N) is 3. The highest BCUT2D eigenvalue weighted by atomic mass is 32.2. The predicted octanol–water partition coefficient (Wildman–Crippen LogP) is 1.40. The number of aromatic nitrogens is 2. The summed E-state index contributed by atoms with van der Waals surface area (Å²) in [7, 11) is 1.24. The first kappa shape index (κ1) is 14.9. The highest BCUT2D eigenvalue weighted by molar-refractivity contribution is 7.99. The Morgan fingerprint density at radius 3 is 2.60 bits per heavy atom. The van der Waals surface area contributed by atoms with E-state index in [4.69, 9.17) is 5.73 Å². The van der Waals surface area contributed by atoms with Crippen molar-refractivity contribution in [2.24, 2.45) is 7.05 Å². The molecule has 0 saturated carbocycles. The molecule has 0 spiro atoms. The molecular weight excluding hydrogens is 296 g/mol. The number of aryl methyl sites for hydroxylation is 1. The molecule has 2 aromatic rings. The van der Waals surface area contributed by atoms with Crippen LogP contribution in [0.2, 0.25) is 0 Å². The van der Waals surface area contributed by atoms with Crippen LogP contribution in [0.4, 0.5) is 5.69 Å². The summed E-state index contributed by atoms with van der Waals surface area (Å²) in [4.78, 5) is 1.72. The van der Waals surface area contributed by atoms with E-state index >= 15 is 0 Å². The van der Waals surface area contributed by atoms with E-state index in [9.17, 15) is 8.42 Å².